The summed E-state index contributed by atoms with van der Waals surface area (Å²) in [5.41, 5.74) is 2.57. The smallest absolute Gasteiger partial charge is 0.146 e. The molecule has 0 radical (unpaired) electrons. The van der Waals surface area contributed by atoms with Gasteiger partial charge in [-0.15, -0.1) is 0 Å². The van der Waals surface area contributed by atoms with E-state index in [1.165, 1.54) is 12.1 Å². The number of aliphatic hydroxyl groups excluding tert-OH is 1. The van der Waals surface area contributed by atoms with E-state index in [1.807, 2.05) is 11.1 Å². The molecular formula is C16H19FN2O2. The van der Waals surface area contributed by atoms with Crippen molar-refractivity contribution < 1.29 is 14.2 Å². The molecule has 0 bridgehead atoms. The Kier molecular flexibility index (Phi) is 4.31. The highest BCUT2D eigenvalue weighted by Gasteiger charge is 2.24. The Morgan fingerprint density at radius 3 is 2.76 bits per heavy atom. The van der Waals surface area contributed by atoms with E-state index >= 15 is 0 Å². The molecule has 1 aromatic rings. The molecule has 0 aromatic heterocycles. The molecule has 2 heterocycles. The minimum Gasteiger partial charge on any atom is -0.390 e. The lowest BCUT2D eigenvalue weighted by Crippen LogP contribution is -2.39. The van der Waals surface area contributed by atoms with E-state index in [0.717, 1.165) is 37.0 Å². The predicted octanol–water partition coefficient (Wildman–Crippen LogP) is 2.40. The largest absolute Gasteiger partial charge is 0.390 e. The predicted molar refractivity (Wildman–Crippen MR) is 79.2 cm³/mol. The number of hydrazone groups is 1. The molecule has 0 spiro atoms. The molecule has 0 saturated carbocycles. The van der Waals surface area contributed by atoms with Crippen LogP contribution in [-0.2, 0) is 4.74 Å². The highest BCUT2D eigenvalue weighted by molar-refractivity contribution is 6.02. The minimum absolute atomic E-state index is 0.0375. The molecule has 4 nitrogen and oxygen atoms in total. The summed E-state index contributed by atoms with van der Waals surface area (Å²) >= 11 is 0. The molecule has 21 heavy (non-hydrogen) atoms. The van der Waals surface area contributed by atoms with Crippen LogP contribution >= 0.6 is 0 Å². The zero-order chi connectivity index (χ0) is 14.7. The number of rotatable bonds is 3. The van der Waals surface area contributed by atoms with Gasteiger partial charge in [0, 0.05) is 6.61 Å². The lowest BCUT2D eigenvalue weighted by molar-refractivity contribution is -0.0804. The molecule has 3 rings (SSSR count). The van der Waals surface area contributed by atoms with E-state index in [-0.39, 0.29) is 18.7 Å². The van der Waals surface area contributed by atoms with Crippen molar-refractivity contribution in [1.82, 2.24) is 5.01 Å². The molecular weight excluding hydrogens is 271 g/mol. The molecule has 1 unspecified atom stereocenters. The number of ether oxygens (including phenoxy) is 1. The third kappa shape index (κ3) is 3.31. The van der Waals surface area contributed by atoms with Gasteiger partial charge in [-0.25, -0.2) is 4.39 Å². The van der Waals surface area contributed by atoms with Gasteiger partial charge >= 0.3 is 0 Å². The first-order valence-corrected chi connectivity index (χ1v) is 7.29. The van der Waals surface area contributed by atoms with Crippen LogP contribution in [0.5, 0.6) is 0 Å². The summed E-state index contributed by atoms with van der Waals surface area (Å²) in [4.78, 5) is 0. The van der Waals surface area contributed by atoms with Gasteiger partial charge in [-0.05, 0) is 48.6 Å². The number of hydrogen-bond donors (Lipinski definition) is 1. The van der Waals surface area contributed by atoms with E-state index in [1.54, 1.807) is 12.1 Å². The van der Waals surface area contributed by atoms with E-state index in [2.05, 4.69) is 5.10 Å². The first-order chi connectivity index (χ1) is 10.3. The number of halogens is 1. The maximum atomic E-state index is 13.1. The van der Waals surface area contributed by atoms with Gasteiger partial charge in [-0.3, -0.25) is 5.01 Å². The Bertz CT molecular complexity index is 548. The fourth-order valence-corrected chi connectivity index (χ4v) is 2.69. The van der Waals surface area contributed by atoms with E-state index in [9.17, 15) is 9.50 Å². The van der Waals surface area contributed by atoms with Gasteiger partial charge in [-0.1, -0.05) is 12.1 Å². The summed E-state index contributed by atoms with van der Waals surface area (Å²) in [6.45, 7) is 1.24. The highest BCUT2D eigenvalue weighted by Crippen LogP contribution is 2.25. The summed E-state index contributed by atoms with van der Waals surface area (Å²) in [6.07, 6.45) is 4.98. The molecule has 1 atom stereocenters. The van der Waals surface area contributed by atoms with Crippen molar-refractivity contribution >= 4 is 11.3 Å². The van der Waals surface area contributed by atoms with Gasteiger partial charge in [0.1, 0.15) is 12.0 Å². The zero-order valence-electron chi connectivity index (χ0n) is 11.8. The molecule has 1 fully saturated rings. The minimum atomic E-state index is -0.251. The second-order valence-corrected chi connectivity index (χ2v) is 5.34. The van der Waals surface area contributed by atoms with Crippen molar-refractivity contribution in [1.29, 1.82) is 0 Å². The maximum Gasteiger partial charge on any atom is 0.146 e. The van der Waals surface area contributed by atoms with Gasteiger partial charge in [0.15, 0.2) is 0 Å². The molecule has 0 aliphatic carbocycles. The summed E-state index contributed by atoms with van der Waals surface area (Å²) in [5.74, 6) is -0.251. The number of aliphatic hydroxyl groups is 1. The Labute approximate surface area is 123 Å². The zero-order valence-corrected chi connectivity index (χ0v) is 11.8. The van der Waals surface area contributed by atoms with Gasteiger partial charge < -0.3 is 9.84 Å². The fraction of sp³-hybridized carbons (Fsp3) is 0.438. The molecule has 112 valence electrons. The van der Waals surface area contributed by atoms with Crippen LogP contribution in [0.3, 0.4) is 0 Å². The van der Waals surface area contributed by atoms with Crippen LogP contribution in [0.2, 0.25) is 0 Å². The van der Waals surface area contributed by atoms with Crippen LogP contribution in [-0.4, -0.2) is 41.8 Å². The normalized spacial score (nSPS) is 22.8. The van der Waals surface area contributed by atoms with Gasteiger partial charge in [-0.2, -0.15) is 5.10 Å². The molecule has 2 aliphatic heterocycles. The molecule has 1 saturated heterocycles. The van der Waals surface area contributed by atoms with Crippen molar-refractivity contribution in [3.63, 3.8) is 0 Å². The number of hydrogen-bond acceptors (Lipinski definition) is 4. The third-order valence-corrected chi connectivity index (χ3v) is 3.80. The summed E-state index contributed by atoms with van der Waals surface area (Å²) in [5, 5.41) is 15.7. The highest BCUT2D eigenvalue weighted by atomic mass is 19.1. The first-order valence-electron chi connectivity index (χ1n) is 7.29. The molecule has 1 aromatic carbocycles. The molecule has 2 aliphatic rings. The standard InChI is InChI=1S/C16H19FN2O2/c17-14-6-4-12(5-7-14)13-9-15(11-20)18-19(10-13)16-3-1-2-8-21-16/h4-7,9,16,20H,1-3,8,10-11H2. The topological polar surface area (TPSA) is 45.1 Å². The van der Waals surface area contributed by atoms with Crippen molar-refractivity contribution in [3.8, 4) is 0 Å². The van der Waals surface area contributed by atoms with Crippen LogP contribution in [0, 0.1) is 5.82 Å². The van der Waals surface area contributed by atoms with Gasteiger partial charge in [0.2, 0.25) is 0 Å². The lowest BCUT2D eigenvalue weighted by Gasteiger charge is -2.35. The monoisotopic (exact) mass is 290 g/mol. The van der Waals surface area contributed by atoms with Crippen molar-refractivity contribution in [2.45, 2.75) is 25.5 Å². The number of nitrogens with zero attached hydrogens (tertiary/aromatic N) is 2. The average molecular weight is 290 g/mol. The Morgan fingerprint density at radius 1 is 1.29 bits per heavy atom. The van der Waals surface area contributed by atoms with Crippen LogP contribution in [0.1, 0.15) is 24.8 Å². The van der Waals surface area contributed by atoms with E-state index in [4.69, 9.17) is 4.74 Å². The lowest BCUT2D eigenvalue weighted by atomic mass is 10.0. The Balaban J connectivity index is 1.82. The van der Waals surface area contributed by atoms with Crippen molar-refractivity contribution in [2.24, 2.45) is 5.10 Å². The Hall–Kier alpha value is -1.72. The summed E-state index contributed by atoms with van der Waals surface area (Å²) < 4.78 is 18.8. The maximum absolute atomic E-state index is 13.1. The van der Waals surface area contributed by atoms with Crippen LogP contribution < -0.4 is 0 Å². The fourth-order valence-electron chi connectivity index (χ4n) is 2.69. The molecule has 0 amide bonds. The average Bonchev–Trinajstić information content (AvgIpc) is 2.56. The molecule has 1 N–H and O–H groups in total. The van der Waals surface area contributed by atoms with E-state index < -0.39 is 0 Å². The van der Waals surface area contributed by atoms with Crippen molar-refractivity contribution in [3.05, 3.63) is 41.7 Å². The van der Waals surface area contributed by atoms with E-state index in [0.29, 0.717) is 12.3 Å². The van der Waals surface area contributed by atoms with Crippen LogP contribution in [0.4, 0.5) is 4.39 Å². The Morgan fingerprint density at radius 2 is 2.10 bits per heavy atom. The van der Waals surface area contributed by atoms with Crippen LogP contribution in [0.25, 0.3) is 5.57 Å². The first kappa shape index (κ1) is 14.2. The number of benzene rings is 1. The third-order valence-electron chi connectivity index (χ3n) is 3.80. The summed E-state index contributed by atoms with van der Waals surface area (Å²) in [7, 11) is 0. The summed E-state index contributed by atoms with van der Waals surface area (Å²) in [6, 6.07) is 6.40. The quantitative estimate of drug-likeness (QED) is 0.929. The SMILES string of the molecule is OCC1=NN(C2CCCCO2)CC(c2ccc(F)cc2)=C1. The van der Waals surface area contributed by atoms with Crippen LogP contribution in [0.15, 0.2) is 35.4 Å². The van der Waals surface area contributed by atoms with Gasteiger partial charge in [0.05, 0.1) is 18.9 Å². The second kappa shape index (κ2) is 6.37. The van der Waals surface area contributed by atoms with Crippen molar-refractivity contribution in [2.75, 3.05) is 19.8 Å². The molecule has 5 heteroatoms. The van der Waals surface area contributed by atoms with Gasteiger partial charge in [0.25, 0.3) is 0 Å². The second-order valence-electron chi connectivity index (χ2n) is 5.34.